The summed E-state index contributed by atoms with van der Waals surface area (Å²) in [6, 6.07) is 0. The maximum atomic E-state index is 13.0. The standard InChI is InChI=1S/C16H27NO/c17-11-16(7-3-1-2-4-8-16)15(18)14-10-12-5-6-13(14)9-12/h12-14H,1-11,17H2. The van der Waals surface area contributed by atoms with Gasteiger partial charge in [-0.1, -0.05) is 32.1 Å². The van der Waals surface area contributed by atoms with Crippen LogP contribution in [0.15, 0.2) is 0 Å². The van der Waals surface area contributed by atoms with Gasteiger partial charge in [-0.05, 0) is 43.9 Å². The molecule has 3 unspecified atom stereocenters. The molecule has 0 spiro atoms. The second-order valence-corrected chi connectivity index (χ2v) is 7.04. The first-order valence-corrected chi connectivity index (χ1v) is 7.99. The molecule has 3 aliphatic rings. The molecule has 2 N–H and O–H groups in total. The van der Waals surface area contributed by atoms with Gasteiger partial charge in [-0.15, -0.1) is 0 Å². The van der Waals surface area contributed by atoms with Crippen molar-refractivity contribution in [1.29, 1.82) is 0 Å². The summed E-state index contributed by atoms with van der Waals surface area (Å²) in [4.78, 5) is 13.0. The maximum Gasteiger partial charge on any atom is 0.143 e. The van der Waals surface area contributed by atoms with Gasteiger partial charge < -0.3 is 5.73 Å². The number of hydrogen-bond acceptors (Lipinski definition) is 2. The molecule has 2 heteroatoms. The van der Waals surface area contributed by atoms with Crippen LogP contribution in [-0.4, -0.2) is 12.3 Å². The fraction of sp³-hybridized carbons (Fsp3) is 0.938. The molecular weight excluding hydrogens is 222 g/mol. The Labute approximate surface area is 111 Å². The highest BCUT2D eigenvalue weighted by Crippen LogP contribution is 2.51. The van der Waals surface area contributed by atoms with Gasteiger partial charge in [-0.25, -0.2) is 0 Å². The molecule has 0 aliphatic heterocycles. The third-order valence-electron chi connectivity index (χ3n) is 6.05. The van der Waals surface area contributed by atoms with Crippen LogP contribution >= 0.6 is 0 Å². The Morgan fingerprint density at radius 2 is 1.78 bits per heavy atom. The van der Waals surface area contributed by atoms with Gasteiger partial charge >= 0.3 is 0 Å². The van der Waals surface area contributed by atoms with Gasteiger partial charge in [-0.2, -0.15) is 0 Å². The van der Waals surface area contributed by atoms with Gasteiger partial charge in [0, 0.05) is 17.9 Å². The van der Waals surface area contributed by atoms with Crippen LogP contribution in [0.25, 0.3) is 0 Å². The van der Waals surface area contributed by atoms with Crippen molar-refractivity contribution in [1.82, 2.24) is 0 Å². The number of nitrogens with two attached hydrogens (primary N) is 1. The highest BCUT2D eigenvalue weighted by molar-refractivity contribution is 5.88. The van der Waals surface area contributed by atoms with Crippen LogP contribution in [0.1, 0.15) is 64.2 Å². The summed E-state index contributed by atoms with van der Waals surface area (Å²) in [6.07, 6.45) is 12.4. The molecule has 3 rings (SSSR count). The molecule has 18 heavy (non-hydrogen) atoms. The van der Waals surface area contributed by atoms with Crippen LogP contribution in [0.3, 0.4) is 0 Å². The van der Waals surface area contributed by atoms with Crippen molar-refractivity contribution >= 4 is 5.78 Å². The highest BCUT2D eigenvalue weighted by atomic mass is 16.1. The summed E-state index contributed by atoms with van der Waals surface area (Å²) in [5.74, 6) is 2.53. The molecule has 0 saturated heterocycles. The van der Waals surface area contributed by atoms with Gasteiger partial charge in [-0.3, -0.25) is 4.79 Å². The summed E-state index contributed by atoms with van der Waals surface area (Å²) in [6.45, 7) is 0.597. The topological polar surface area (TPSA) is 43.1 Å². The van der Waals surface area contributed by atoms with Crippen molar-refractivity contribution in [2.24, 2.45) is 28.9 Å². The van der Waals surface area contributed by atoms with Crippen molar-refractivity contribution in [3.8, 4) is 0 Å². The molecule has 0 aromatic rings. The van der Waals surface area contributed by atoms with E-state index < -0.39 is 0 Å². The zero-order valence-corrected chi connectivity index (χ0v) is 11.5. The number of carbonyl (C=O) groups is 1. The first-order chi connectivity index (χ1) is 8.75. The van der Waals surface area contributed by atoms with Crippen LogP contribution in [-0.2, 0) is 4.79 Å². The van der Waals surface area contributed by atoms with Gasteiger partial charge in [0.05, 0.1) is 0 Å². The Balaban J connectivity index is 1.76. The summed E-state index contributed by atoms with van der Waals surface area (Å²) in [5.41, 5.74) is 5.92. The zero-order valence-electron chi connectivity index (χ0n) is 11.5. The predicted molar refractivity (Wildman–Crippen MR) is 73.1 cm³/mol. The molecule has 2 nitrogen and oxygen atoms in total. The van der Waals surface area contributed by atoms with E-state index in [1.807, 2.05) is 0 Å². The molecule has 2 bridgehead atoms. The van der Waals surface area contributed by atoms with Gasteiger partial charge in [0.25, 0.3) is 0 Å². The van der Waals surface area contributed by atoms with Crippen molar-refractivity contribution in [3.05, 3.63) is 0 Å². The molecule has 3 saturated carbocycles. The van der Waals surface area contributed by atoms with E-state index in [4.69, 9.17) is 5.73 Å². The molecule has 0 aromatic heterocycles. The monoisotopic (exact) mass is 249 g/mol. The van der Waals surface area contributed by atoms with Gasteiger partial charge in [0.15, 0.2) is 0 Å². The van der Waals surface area contributed by atoms with Crippen molar-refractivity contribution in [2.75, 3.05) is 6.54 Å². The Hall–Kier alpha value is -0.370. The lowest BCUT2D eigenvalue weighted by Gasteiger charge is -2.35. The summed E-state index contributed by atoms with van der Waals surface area (Å²) >= 11 is 0. The van der Waals surface area contributed by atoms with Gasteiger partial charge in [0.2, 0.25) is 0 Å². The minimum absolute atomic E-state index is 0.133. The molecule has 0 radical (unpaired) electrons. The molecule has 3 atom stereocenters. The minimum atomic E-state index is -0.133. The van der Waals surface area contributed by atoms with Crippen molar-refractivity contribution in [2.45, 2.75) is 64.2 Å². The number of hydrogen-bond donors (Lipinski definition) is 1. The molecule has 0 heterocycles. The second kappa shape index (κ2) is 4.96. The van der Waals surface area contributed by atoms with E-state index in [-0.39, 0.29) is 5.41 Å². The first kappa shape index (κ1) is 12.7. The molecular formula is C16H27NO. The molecule has 102 valence electrons. The number of Topliss-reactive ketones (excluding diaryl/α,β-unsaturated/α-hetero) is 1. The second-order valence-electron chi connectivity index (χ2n) is 7.04. The lowest BCUT2D eigenvalue weighted by atomic mass is 9.69. The van der Waals surface area contributed by atoms with E-state index in [2.05, 4.69) is 0 Å². The molecule has 0 aromatic carbocycles. The smallest absolute Gasteiger partial charge is 0.143 e. The number of fused-ring (bicyclic) bond motifs is 2. The third-order valence-corrected chi connectivity index (χ3v) is 6.05. The first-order valence-electron chi connectivity index (χ1n) is 7.99. The number of ketones is 1. The van der Waals surface area contributed by atoms with E-state index in [0.29, 0.717) is 24.2 Å². The maximum absolute atomic E-state index is 13.0. The quantitative estimate of drug-likeness (QED) is 0.780. The Kier molecular flexibility index (Phi) is 3.48. The predicted octanol–water partition coefficient (Wildman–Crippen LogP) is 3.29. The van der Waals surface area contributed by atoms with Crippen LogP contribution in [0.5, 0.6) is 0 Å². The van der Waals surface area contributed by atoms with E-state index in [1.54, 1.807) is 0 Å². The summed E-state index contributed by atoms with van der Waals surface area (Å²) in [7, 11) is 0. The van der Waals surface area contributed by atoms with Crippen molar-refractivity contribution < 1.29 is 4.79 Å². The van der Waals surface area contributed by atoms with E-state index >= 15 is 0 Å². The van der Waals surface area contributed by atoms with Crippen LogP contribution in [0.4, 0.5) is 0 Å². The van der Waals surface area contributed by atoms with Crippen LogP contribution < -0.4 is 5.73 Å². The SMILES string of the molecule is NCC1(C(=O)C2CC3CCC2C3)CCCCCC1. The summed E-state index contributed by atoms with van der Waals surface area (Å²) in [5, 5.41) is 0. The number of carbonyl (C=O) groups excluding carboxylic acids is 1. The average molecular weight is 249 g/mol. The zero-order chi connectivity index (χ0) is 12.6. The third kappa shape index (κ3) is 2.03. The molecule has 3 fully saturated rings. The average Bonchev–Trinajstić information content (AvgIpc) is 2.94. The van der Waals surface area contributed by atoms with E-state index in [0.717, 1.165) is 18.8 Å². The largest absolute Gasteiger partial charge is 0.329 e. The lowest BCUT2D eigenvalue weighted by Crippen LogP contribution is -2.43. The Morgan fingerprint density at radius 3 is 2.28 bits per heavy atom. The minimum Gasteiger partial charge on any atom is -0.329 e. The normalized spacial score (nSPS) is 38.6. The fourth-order valence-corrected chi connectivity index (χ4v) is 4.92. The van der Waals surface area contributed by atoms with Crippen LogP contribution in [0.2, 0.25) is 0 Å². The fourth-order valence-electron chi connectivity index (χ4n) is 4.92. The van der Waals surface area contributed by atoms with Crippen LogP contribution in [0, 0.1) is 23.2 Å². The molecule has 0 amide bonds. The number of rotatable bonds is 3. The highest BCUT2D eigenvalue weighted by Gasteiger charge is 2.49. The lowest BCUT2D eigenvalue weighted by molar-refractivity contribution is -0.135. The van der Waals surface area contributed by atoms with Crippen molar-refractivity contribution in [3.63, 3.8) is 0 Å². The summed E-state index contributed by atoms with van der Waals surface area (Å²) < 4.78 is 0. The Morgan fingerprint density at radius 1 is 1.06 bits per heavy atom. The molecule has 3 aliphatic carbocycles. The van der Waals surface area contributed by atoms with E-state index in [1.165, 1.54) is 51.4 Å². The Bertz CT molecular complexity index is 317. The van der Waals surface area contributed by atoms with E-state index in [9.17, 15) is 4.79 Å². The van der Waals surface area contributed by atoms with Gasteiger partial charge in [0.1, 0.15) is 5.78 Å².